The topological polar surface area (TPSA) is 18.5 Å². The first-order valence-corrected chi connectivity index (χ1v) is 6.78. The number of hydrogen-bond acceptors (Lipinski definition) is 2. The van der Waals surface area contributed by atoms with Crippen LogP contribution in [0, 0.1) is 0 Å². The Morgan fingerprint density at radius 1 is 1.44 bits per heavy atom. The molecule has 1 N–H and O–H groups in total. The van der Waals surface area contributed by atoms with E-state index in [0.717, 1.165) is 31.3 Å². The maximum atomic E-state index is 5.40. The summed E-state index contributed by atoms with van der Waals surface area (Å²) in [4.78, 5) is 4.83. The summed E-state index contributed by atoms with van der Waals surface area (Å²) in [5, 5.41) is 4.24. The van der Waals surface area contributed by atoms with Crippen LogP contribution >= 0.6 is 12.2 Å². The molecule has 0 aromatic carbocycles. The van der Waals surface area contributed by atoms with E-state index in [9.17, 15) is 0 Å². The van der Waals surface area contributed by atoms with Gasteiger partial charge in [-0.05, 0) is 45.6 Å². The van der Waals surface area contributed by atoms with E-state index in [-0.39, 0.29) is 0 Å². The van der Waals surface area contributed by atoms with Gasteiger partial charge in [0, 0.05) is 25.2 Å². The average Bonchev–Trinajstić information content (AvgIpc) is 2.68. The molecule has 94 valence electrons. The molecular formula is C12H25N3S. The zero-order valence-corrected chi connectivity index (χ0v) is 11.8. The Balaban J connectivity index is 2.42. The molecule has 1 unspecified atom stereocenters. The molecule has 0 aromatic rings. The van der Waals surface area contributed by atoms with E-state index in [0.29, 0.717) is 12.1 Å². The number of hydrogen-bond donors (Lipinski definition) is 1. The summed E-state index contributed by atoms with van der Waals surface area (Å²) in [6.07, 6.45) is 1.24. The maximum absolute atomic E-state index is 5.40. The van der Waals surface area contributed by atoms with E-state index < -0.39 is 0 Å². The van der Waals surface area contributed by atoms with Crippen molar-refractivity contribution in [3.8, 4) is 0 Å². The van der Waals surface area contributed by atoms with Crippen molar-refractivity contribution in [1.29, 1.82) is 0 Å². The second-order valence-electron chi connectivity index (χ2n) is 4.71. The van der Waals surface area contributed by atoms with Crippen LogP contribution in [0.1, 0.15) is 34.1 Å². The van der Waals surface area contributed by atoms with Crippen molar-refractivity contribution in [3.05, 3.63) is 0 Å². The van der Waals surface area contributed by atoms with E-state index in [1.54, 1.807) is 0 Å². The second-order valence-corrected chi connectivity index (χ2v) is 5.10. The number of thiocarbonyl (C=S) groups is 1. The highest BCUT2D eigenvalue weighted by Crippen LogP contribution is 2.15. The van der Waals surface area contributed by atoms with Crippen LogP contribution in [0.4, 0.5) is 0 Å². The molecule has 1 saturated heterocycles. The molecule has 0 spiro atoms. The van der Waals surface area contributed by atoms with Gasteiger partial charge in [0.15, 0.2) is 5.11 Å². The highest BCUT2D eigenvalue weighted by Gasteiger charge is 2.27. The molecular weight excluding hydrogens is 218 g/mol. The molecule has 4 heteroatoms. The van der Waals surface area contributed by atoms with Crippen molar-refractivity contribution in [2.45, 2.75) is 46.2 Å². The minimum Gasteiger partial charge on any atom is -0.360 e. The van der Waals surface area contributed by atoms with Gasteiger partial charge in [-0.25, -0.2) is 0 Å². The Morgan fingerprint density at radius 2 is 2.06 bits per heavy atom. The Kier molecular flexibility index (Phi) is 5.49. The standard InChI is InChI=1S/C12H25N3S/c1-5-14(6-2)11-7-8-15(9-11)12(16)13-10(3)4/h10-11H,5-9H2,1-4H3,(H,13,16). The molecule has 1 aliphatic heterocycles. The molecule has 1 fully saturated rings. The molecule has 1 heterocycles. The number of rotatable bonds is 4. The van der Waals surface area contributed by atoms with Crippen LogP contribution in [0.3, 0.4) is 0 Å². The van der Waals surface area contributed by atoms with Gasteiger partial charge < -0.3 is 10.2 Å². The Labute approximate surface area is 105 Å². The van der Waals surface area contributed by atoms with Crippen LogP contribution in [0.15, 0.2) is 0 Å². The van der Waals surface area contributed by atoms with Crippen molar-refractivity contribution in [2.24, 2.45) is 0 Å². The molecule has 3 nitrogen and oxygen atoms in total. The van der Waals surface area contributed by atoms with Gasteiger partial charge in [0.25, 0.3) is 0 Å². The van der Waals surface area contributed by atoms with Crippen LogP contribution < -0.4 is 5.32 Å². The fraction of sp³-hybridized carbons (Fsp3) is 0.917. The van der Waals surface area contributed by atoms with E-state index >= 15 is 0 Å². The Morgan fingerprint density at radius 3 is 2.56 bits per heavy atom. The first-order chi connectivity index (χ1) is 7.58. The zero-order valence-electron chi connectivity index (χ0n) is 11.0. The minimum atomic E-state index is 0.431. The molecule has 0 aliphatic carbocycles. The lowest BCUT2D eigenvalue weighted by Crippen LogP contribution is -2.44. The van der Waals surface area contributed by atoms with Crippen LogP contribution in [0.2, 0.25) is 0 Å². The van der Waals surface area contributed by atoms with Gasteiger partial charge >= 0.3 is 0 Å². The first kappa shape index (κ1) is 13.7. The summed E-state index contributed by atoms with van der Waals surface area (Å²) < 4.78 is 0. The normalized spacial score (nSPS) is 20.9. The lowest BCUT2D eigenvalue weighted by Gasteiger charge is -2.27. The Bertz CT molecular complexity index is 226. The van der Waals surface area contributed by atoms with Gasteiger partial charge in [0.05, 0.1) is 0 Å². The summed E-state index contributed by atoms with van der Waals surface area (Å²) in [7, 11) is 0. The second kappa shape index (κ2) is 6.40. The largest absolute Gasteiger partial charge is 0.360 e. The number of likely N-dealkylation sites (tertiary alicyclic amines) is 1. The molecule has 0 bridgehead atoms. The summed E-state index contributed by atoms with van der Waals surface area (Å²) in [5.41, 5.74) is 0. The molecule has 0 amide bonds. The lowest BCUT2D eigenvalue weighted by atomic mass is 10.2. The third kappa shape index (κ3) is 3.59. The Hall–Kier alpha value is -0.350. The maximum Gasteiger partial charge on any atom is 0.169 e. The highest BCUT2D eigenvalue weighted by molar-refractivity contribution is 7.80. The van der Waals surface area contributed by atoms with Gasteiger partial charge in [-0.1, -0.05) is 13.8 Å². The lowest BCUT2D eigenvalue weighted by molar-refractivity contribution is 0.223. The van der Waals surface area contributed by atoms with Gasteiger partial charge in [-0.2, -0.15) is 0 Å². The summed E-state index contributed by atoms with van der Waals surface area (Å²) in [5.74, 6) is 0. The molecule has 0 radical (unpaired) electrons. The number of nitrogens with zero attached hydrogens (tertiary/aromatic N) is 2. The van der Waals surface area contributed by atoms with Gasteiger partial charge in [0.1, 0.15) is 0 Å². The SMILES string of the molecule is CCN(CC)C1CCN(C(=S)NC(C)C)C1. The van der Waals surface area contributed by atoms with E-state index in [4.69, 9.17) is 12.2 Å². The molecule has 0 aromatic heterocycles. The quantitative estimate of drug-likeness (QED) is 0.757. The monoisotopic (exact) mass is 243 g/mol. The van der Waals surface area contributed by atoms with Crippen molar-refractivity contribution in [3.63, 3.8) is 0 Å². The molecule has 1 atom stereocenters. The minimum absolute atomic E-state index is 0.431. The third-order valence-electron chi connectivity index (χ3n) is 3.19. The number of likely N-dealkylation sites (N-methyl/N-ethyl adjacent to an activating group) is 1. The first-order valence-electron chi connectivity index (χ1n) is 6.37. The average molecular weight is 243 g/mol. The fourth-order valence-electron chi connectivity index (χ4n) is 2.30. The molecule has 0 saturated carbocycles. The van der Waals surface area contributed by atoms with Crippen LogP contribution in [0.25, 0.3) is 0 Å². The summed E-state index contributed by atoms with van der Waals surface area (Å²) >= 11 is 5.40. The van der Waals surface area contributed by atoms with E-state index in [1.807, 2.05) is 0 Å². The fourth-order valence-corrected chi connectivity index (χ4v) is 2.70. The van der Waals surface area contributed by atoms with Crippen LogP contribution in [0.5, 0.6) is 0 Å². The predicted molar refractivity (Wildman–Crippen MR) is 73.8 cm³/mol. The molecule has 1 aliphatic rings. The zero-order chi connectivity index (χ0) is 12.1. The highest BCUT2D eigenvalue weighted by atomic mass is 32.1. The van der Waals surface area contributed by atoms with E-state index in [1.165, 1.54) is 6.42 Å². The van der Waals surface area contributed by atoms with Crippen LogP contribution in [-0.2, 0) is 0 Å². The van der Waals surface area contributed by atoms with Gasteiger partial charge in [-0.15, -0.1) is 0 Å². The molecule has 16 heavy (non-hydrogen) atoms. The summed E-state index contributed by atoms with van der Waals surface area (Å²) in [6, 6.07) is 1.11. The van der Waals surface area contributed by atoms with Crippen LogP contribution in [-0.4, -0.2) is 53.2 Å². The van der Waals surface area contributed by atoms with Crippen molar-refractivity contribution in [2.75, 3.05) is 26.2 Å². The molecule has 1 rings (SSSR count). The van der Waals surface area contributed by atoms with Crippen molar-refractivity contribution in [1.82, 2.24) is 15.1 Å². The smallest absolute Gasteiger partial charge is 0.169 e. The van der Waals surface area contributed by atoms with Gasteiger partial charge in [0.2, 0.25) is 0 Å². The third-order valence-corrected chi connectivity index (χ3v) is 3.57. The summed E-state index contributed by atoms with van der Waals surface area (Å²) in [6.45, 7) is 13.2. The van der Waals surface area contributed by atoms with Crippen molar-refractivity contribution >= 4 is 17.3 Å². The van der Waals surface area contributed by atoms with E-state index in [2.05, 4.69) is 42.8 Å². The number of nitrogens with one attached hydrogen (secondary N) is 1. The van der Waals surface area contributed by atoms with Gasteiger partial charge in [-0.3, -0.25) is 4.90 Å². The van der Waals surface area contributed by atoms with Crippen molar-refractivity contribution < 1.29 is 0 Å². The predicted octanol–water partition coefficient (Wildman–Crippen LogP) is 1.69.